The number of piperazine rings is 1. The summed E-state index contributed by atoms with van der Waals surface area (Å²) in [5.41, 5.74) is 0. The first kappa shape index (κ1) is 19.3. The standard InChI is InChI=1S/C21H38N6/c1-24-12-14-27(15-13-24)17-20-22-23-21(25(20)2)19-8-10-26(11-9-19)16-18-6-4-3-5-7-18/h18-19H,3-17H2,1-2H3. The monoisotopic (exact) mass is 374 g/mol. The highest BCUT2D eigenvalue weighted by Crippen LogP contribution is 2.30. The minimum Gasteiger partial charge on any atom is -0.317 e. The smallest absolute Gasteiger partial charge is 0.146 e. The molecule has 4 rings (SSSR count). The first-order chi connectivity index (χ1) is 13.2. The molecule has 2 saturated heterocycles. The van der Waals surface area contributed by atoms with Crippen molar-refractivity contribution in [1.29, 1.82) is 0 Å². The van der Waals surface area contributed by atoms with Crippen molar-refractivity contribution in [1.82, 2.24) is 29.5 Å². The summed E-state index contributed by atoms with van der Waals surface area (Å²) >= 11 is 0. The molecule has 6 nitrogen and oxygen atoms in total. The third-order valence-corrected chi connectivity index (χ3v) is 7.15. The fourth-order valence-corrected chi connectivity index (χ4v) is 5.18. The molecule has 1 saturated carbocycles. The van der Waals surface area contributed by atoms with Gasteiger partial charge in [-0.2, -0.15) is 0 Å². The van der Waals surface area contributed by atoms with E-state index in [1.54, 1.807) is 0 Å². The highest BCUT2D eigenvalue weighted by Gasteiger charge is 2.27. The highest BCUT2D eigenvalue weighted by atomic mass is 15.3. The molecular formula is C21H38N6. The first-order valence-corrected chi connectivity index (χ1v) is 11.2. The summed E-state index contributed by atoms with van der Waals surface area (Å²) in [5.74, 6) is 3.90. The summed E-state index contributed by atoms with van der Waals surface area (Å²) in [4.78, 5) is 7.63. The first-order valence-electron chi connectivity index (χ1n) is 11.2. The number of nitrogens with zero attached hydrogens (tertiary/aromatic N) is 6. The van der Waals surface area contributed by atoms with Gasteiger partial charge in [-0.15, -0.1) is 10.2 Å². The van der Waals surface area contributed by atoms with E-state index in [-0.39, 0.29) is 0 Å². The number of rotatable bonds is 5. The summed E-state index contributed by atoms with van der Waals surface area (Å²) in [7, 11) is 4.38. The van der Waals surface area contributed by atoms with Crippen LogP contribution in [0.4, 0.5) is 0 Å². The number of aromatic nitrogens is 3. The summed E-state index contributed by atoms with van der Waals surface area (Å²) in [6.45, 7) is 9.34. The molecular weight excluding hydrogens is 336 g/mol. The molecule has 1 aromatic rings. The molecule has 0 unspecified atom stereocenters. The molecule has 0 bridgehead atoms. The van der Waals surface area contributed by atoms with E-state index < -0.39 is 0 Å². The normalized spacial score (nSPS) is 25.3. The van der Waals surface area contributed by atoms with Crippen molar-refractivity contribution in [3.05, 3.63) is 11.6 Å². The average molecular weight is 375 g/mol. The minimum absolute atomic E-state index is 0.589. The lowest BCUT2D eigenvalue weighted by atomic mass is 9.88. The average Bonchev–Trinajstić information content (AvgIpc) is 3.05. The van der Waals surface area contributed by atoms with Crippen molar-refractivity contribution in [2.24, 2.45) is 13.0 Å². The van der Waals surface area contributed by atoms with Crippen LogP contribution in [0, 0.1) is 5.92 Å². The Morgan fingerprint density at radius 2 is 1.48 bits per heavy atom. The molecule has 3 heterocycles. The van der Waals surface area contributed by atoms with Crippen molar-refractivity contribution >= 4 is 0 Å². The van der Waals surface area contributed by atoms with Crippen LogP contribution in [0.15, 0.2) is 0 Å². The van der Waals surface area contributed by atoms with Gasteiger partial charge >= 0.3 is 0 Å². The Bertz CT molecular complexity index is 577. The number of hydrogen-bond donors (Lipinski definition) is 0. The van der Waals surface area contributed by atoms with Gasteiger partial charge in [0.25, 0.3) is 0 Å². The van der Waals surface area contributed by atoms with E-state index in [9.17, 15) is 0 Å². The van der Waals surface area contributed by atoms with Crippen LogP contribution in [0.25, 0.3) is 0 Å². The van der Waals surface area contributed by atoms with Crippen molar-refractivity contribution in [3.63, 3.8) is 0 Å². The van der Waals surface area contributed by atoms with Crippen LogP contribution in [-0.4, -0.2) is 82.3 Å². The molecule has 3 fully saturated rings. The predicted octanol–water partition coefficient (Wildman–Crippen LogP) is 2.32. The van der Waals surface area contributed by atoms with E-state index in [1.807, 2.05) is 0 Å². The van der Waals surface area contributed by atoms with E-state index >= 15 is 0 Å². The third-order valence-electron chi connectivity index (χ3n) is 7.15. The van der Waals surface area contributed by atoms with E-state index in [2.05, 4.69) is 43.6 Å². The second-order valence-electron chi connectivity index (χ2n) is 9.19. The van der Waals surface area contributed by atoms with Crippen LogP contribution in [0.2, 0.25) is 0 Å². The van der Waals surface area contributed by atoms with Gasteiger partial charge in [-0.3, -0.25) is 4.90 Å². The predicted molar refractivity (Wildman–Crippen MR) is 109 cm³/mol. The van der Waals surface area contributed by atoms with Gasteiger partial charge < -0.3 is 14.4 Å². The molecule has 0 N–H and O–H groups in total. The molecule has 6 heteroatoms. The fraction of sp³-hybridized carbons (Fsp3) is 0.905. The summed E-state index contributed by atoms with van der Waals surface area (Å²) in [5, 5.41) is 9.18. The van der Waals surface area contributed by atoms with Crippen molar-refractivity contribution in [3.8, 4) is 0 Å². The molecule has 27 heavy (non-hydrogen) atoms. The molecule has 0 amide bonds. The molecule has 152 valence electrons. The molecule has 0 aromatic carbocycles. The second kappa shape index (κ2) is 9.01. The zero-order valence-electron chi connectivity index (χ0n) is 17.4. The second-order valence-corrected chi connectivity index (χ2v) is 9.19. The van der Waals surface area contributed by atoms with E-state index in [0.717, 1.165) is 44.5 Å². The van der Waals surface area contributed by atoms with E-state index in [0.29, 0.717) is 5.92 Å². The Hall–Kier alpha value is -0.980. The summed E-state index contributed by atoms with van der Waals surface area (Å²) < 4.78 is 2.29. The Kier molecular flexibility index (Phi) is 6.46. The van der Waals surface area contributed by atoms with Crippen molar-refractivity contribution in [2.45, 2.75) is 57.4 Å². The SMILES string of the molecule is CN1CCN(Cc2nnc(C3CCN(CC4CCCCC4)CC3)n2C)CC1. The van der Waals surface area contributed by atoms with Crippen LogP contribution in [-0.2, 0) is 13.6 Å². The molecule has 2 aliphatic heterocycles. The summed E-state index contributed by atoms with van der Waals surface area (Å²) in [6, 6.07) is 0. The van der Waals surface area contributed by atoms with Crippen LogP contribution < -0.4 is 0 Å². The largest absolute Gasteiger partial charge is 0.317 e. The van der Waals surface area contributed by atoms with Gasteiger partial charge in [-0.1, -0.05) is 19.3 Å². The Morgan fingerprint density at radius 1 is 0.778 bits per heavy atom. The van der Waals surface area contributed by atoms with Crippen molar-refractivity contribution < 1.29 is 0 Å². The lowest BCUT2D eigenvalue weighted by Crippen LogP contribution is -2.44. The topological polar surface area (TPSA) is 40.4 Å². The van der Waals surface area contributed by atoms with Crippen molar-refractivity contribution in [2.75, 3.05) is 52.9 Å². The molecule has 0 atom stereocenters. The van der Waals surface area contributed by atoms with E-state index in [4.69, 9.17) is 0 Å². The van der Waals surface area contributed by atoms with Gasteiger partial charge in [-0.25, -0.2) is 0 Å². The maximum absolute atomic E-state index is 4.62. The minimum atomic E-state index is 0.589. The number of piperidine rings is 1. The Morgan fingerprint density at radius 3 is 2.19 bits per heavy atom. The maximum Gasteiger partial charge on any atom is 0.146 e. The van der Waals surface area contributed by atoms with Gasteiger partial charge in [0.15, 0.2) is 0 Å². The zero-order valence-corrected chi connectivity index (χ0v) is 17.4. The lowest BCUT2D eigenvalue weighted by Gasteiger charge is -2.35. The van der Waals surface area contributed by atoms with Gasteiger partial charge in [0, 0.05) is 45.7 Å². The van der Waals surface area contributed by atoms with Crippen LogP contribution >= 0.6 is 0 Å². The van der Waals surface area contributed by atoms with Gasteiger partial charge in [0.2, 0.25) is 0 Å². The molecule has 0 radical (unpaired) electrons. The number of likely N-dealkylation sites (N-methyl/N-ethyl adjacent to an activating group) is 1. The number of hydrogen-bond acceptors (Lipinski definition) is 5. The van der Waals surface area contributed by atoms with Crippen LogP contribution in [0.5, 0.6) is 0 Å². The Balaban J connectivity index is 1.27. The third kappa shape index (κ3) is 4.90. The van der Waals surface area contributed by atoms with E-state index in [1.165, 1.54) is 70.4 Å². The molecule has 1 aliphatic carbocycles. The van der Waals surface area contributed by atoms with Crippen LogP contribution in [0.3, 0.4) is 0 Å². The highest BCUT2D eigenvalue weighted by molar-refractivity contribution is 5.03. The van der Waals surface area contributed by atoms with Gasteiger partial charge in [-0.05, 0) is 51.7 Å². The summed E-state index contributed by atoms with van der Waals surface area (Å²) in [6.07, 6.45) is 9.77. The molecule has 3 aliphatic rings. The van der Waals surface area contributed by atoms with Crippen LogP contribution in [0.1, 0.15) is 62.5 Å². The molecule has 0 spiro atoms. The Labute approximate surface area is 164 Å². The molecule has 1 aromatic heterocycles. The number of likely N-dealkylation sites (tertiary alicyclic amines) is 1. The van der Waals surface area contributed by atoms with Gasteiger partial charge in [0.05, 0.1) is 6.54 Å². The zero-order chi connectivity index (χ0) is 18.6. The van der Waals surface area contributed by atoms with Gasteiger partial charge in [0.1, 0.15) is 11.6 Å². The maximum atomic E-state index is 4.62. The lowest BCUT2D eigenvalue weighted by molar-refractivity contribution is 0.144. The quantitative estimate of drug-likeness (QED) is 0.791. The fourth-order valence-electron chi connectivity index (χ4n) is 5.18.